The summed E-state index contributed by atoms with van der Waals surface area (Å²) in [7, 11) is 4.00. The predicted octanol–water partition coefficient (Wildman–Crippen LogP) is 3.26. The molecule has 1 saturated heterocycles. The lowest BCUT2D eigenvalue weighted by molar-refractivity contribution is 0.0791. The molecule has 1 fully saturated rings. The Labute approximate surface area is 147 Å². The van der Waals surface area contributed by atoms with Crippen LogP contribution < -0.4 is 4.90 Å². The lowest BCUT2D eigenvalue weighted by Crippen LogP contribution is -2.28. The molecule has 128 valence electrons. The van der Waals surface area contributed by atoms with E-state index in [1.807, 2.05) is 60.4 Å². The third-order valence-electron chi connectivity index (χ3n) is 5.03. The number of rotatable bonds is 3. The van der Waals surface area contributed by atoms with Gasteiger partial charge in [-0.15, -0.1) is 0 Å². The Hall–Kier alpha value is -2.82. The van der Waals surface area contributed by atoms with Crippen molar-refractivity contribution in [2.24, 2.45) is 0 Å². The first-order valence-corrected chi connectivity index (χ1v) is 8.62. The van der Waals surface area contributed by atoms with Gasteiger partial charge in [-0.2, -0.15) is 0 Å². The zero-order valence-electron chi connectivity index (χ0n) is 14.6. The van der Waals surface area contributed by atoms with Gasteiger partial charge < -0.3 is 14.8 Å². The average molecular weight is 334 g/mol. The van der Waals surface area contributed by atoms with Crippen molar-refractivity contribution in [3.8, 4) is 0 Å². The second-order valence-corrected chi connectivity index (χ2v) is 6.82. The molecule has 5 nitrogen and oxygen atoms in total. The van der Waals surface area contributed by atoms with Gasteiger partial charge in [-0.25, -0.2) is 4.98 Å². The van der Waals surface area contributed by atoms with Crippen molar-refractivity contribution in [1.29, 1.82) is 0 Å². The number of H-pyrrole nitrogens is 1. The molecule has 0 aliphatic carbocycles. The van der Waals surface area contributed by atoms with E-state index in [0.29, 0.717) is 5.92 Å². The largest absolute Gasteiger partial charge is 0.378 e. The molecular formula is C20H22N4O. The van der Waals surface area contributed by atoms with Crippen molar-refractivity contribution >= 4 is 22.6 Å². The molecule has 0 bridgehead atoms. The second-order valence-electron chi connectivity index (χ2n) is 6.82. The fourth-order valence-electron chi connectivity index (χ4n) is 3.60. The van der Waals surface area contributed by atoms with Gasteiger partial charge in [0.05, 0.1) is 0 Å². The first-order chi connectivity index (χ1) is 12.1. The number of likely N-dealkylation sites (tertiary alicyclic amines) is 1. The lowest BCUT2D eigenvalue weighted by atomic mass is 9.99. The fraction of sp³-hybridized carbons (Fsp3) is 0.300. The number of nitrogens with zero attached hydrogens (tertiary/aromatic N) is 3. The summed E-state index contributed by atoms with van der Waals surface area (Å²) in [5, 5.41) is 1.16. The number of fused-ring (bicyclic) bond motifs is 1. The fourth-order valence-corrected chi connectivity index (χ4v) is 3.60. The maximum atomic E-state index is 12.8. The Morgan fingerprint density at radius 3 is 2.80 bits per heavy atom. The minimum absolute atomic E-state index is 0.116. The summed E-state index contributed by atoms with van der Waals surface area (Å²) in [5.74, 6) is 0.480. The smallest absolute Gasteiger partial charge is 0.253 e. The average Bonchev–Trinajstić information content (AvgIpc) is 3.28. The Bertz CT molecular complexity index is 897. The van der Waals surface area contributed by atoms with Crippen molar-refractivity contribution < 1.29 is 4.79 Å². The molecule has 1 atom stereocenters. The van der Waals surface area contributed by atoms with Gasteiger partial charge in [-0.1, -0.05) is 0 Å². The molecule has 1 aliphatic rings. The van der Waals surface area contributed by atoms with Crippen LogP contribution in [0, 0.1) is 0 Å². The minimum atomic E-state index is 0.116. The number of carbonyl (C=O) groups excluding carboxylic acids is 1. The van der Waals surface area contributed by atoms with Crippen LogP contribution >= 0.6 is 0 Å². The molecule has 1 unspecified atom stereocenters. The second kappa shape index (κ2) is 6.24. The molecule has 3 aromatic rings. The number of aromatic amines is 1. The Balaban J connectivity index is 1.51. The molecule has 0 saturated carbocycles. The van der Waals surface area contributed by atoms with Crippen molar-refractivity contribution in [3.05, 3.63) is 59.9 Å². The van der Waals surface area contributed by atoms with Crippen molar-refractivity contribution in [3.63, 3.8) is 0 Å². The maximum absolute atomic E-state index is 12.8. The normalized spacial score (nSPS) is 17.2. The van der Waals surface area contributed by atoms with Crippen LogP contribution in [0.15, 0.2) is 48.8 Å². The summed E-state index contributed by atoms with van der Waals surface area (Å²) >= 11 is 0. The monoisotopic (exact) mass is 334 g/mol. The quantitative estimate of drug-likeness (QED) is 0.800. The van der Waals surface area contributed by atoms with E-state index in [2.05, 4.69) is 16.0 Å². The van der Waals surface area contributed by atoms with Gasteiger partial charge in [0.15, 0.2) is 0 Å². The molecule has 3 heterocycles. The Morgan fingerprint density at radius 1 is 1.24 bits per heavy atom. The van der Waals surface area contributed by atoms with Crippen molar-refractivity contribution in [2.75, 3.05) is 32.1 Å². The standard InChI is InChI=1S/C20H22N4O/c1-23(2)16-7-5-14(6-8-16)20(25)24-11-9-15(13-24)18-12-22-19-17(18)4-3-10-21-19/h3-8,10,12,15H,9,11,13H2,1-2H3,(H,21,22). The minimum Gasteiger partial charge on any atom is -0.378 e. The molecule has 2 aromatic heterocycles. The third kappa shape index (κ3) is 2.86. The highest BCUT2D eigenvalue weighted by Crippen LogP contribution is 2.32. The first kappa shape index (κ1) is 15.7. The van der Waals surface area contributed by atoms with E-state index in [0.717, 1.165) is 41.8 Å². The summed E-state index contributed by atoms with van der Waals surface area (Å²) in [5.41, 5.74) is 4.04. The van der Waals surface area contributed by atoms with Crippen LogP contribution in [-0.2, 0) is 0 Å². The van der Waals surface area contributed by atoms with E-state index in [1.54, 1.807) is 6.20 Å². The first-order valence-electron chi connectivity index (χ1n) is 8.62. The van der Waals surface area contributed by atoms with Gasteiger partial charge in [0, 0.05) is 62.1 Å². The SMILES string of the molecule is CN(C)c1ccc(C(=O)N2CCC(c3c[nH]c4ncccc34)C2)cc1. The number of hydrogen-bond donors (Lipinski definition) is 1. The number of pyridine rings is 1. The van der Waals surface area contributed by atoms with Crippen LogP contribution in [0.3, 0.4) is 0 Å². The number of carbonyl (C=O) groups is 1. The number of benzene rings is 1. The molecule has 0 radical (unpaired) electrons. The van der Waals surface area contributed by atoms with Crippen molar-refractivity contribution in [2.45, 2.75) is 12.3 Å². The summed E-state index contributed by atoms with van der Waals surface area (Å²) in [6.07, 6.45) is 4.83. The highest BCUT2D eigenvalue weighted by Gasteiger charge is 2.29. The number of anilines is 1. The van der Waals surface area contributed by atoms with E-state index >= 15 is 0 Å². The molecule has 1 aromatic carbocycles. The molecular weight excluding hydrogens is 312 g/mol. The lowest BCUT2D eigenvalue weighted by Gasteiger charge is -2.18. The van der Waals surface area contributed by atoms with E-state index in [-0.39, 0.29) is 5.91 Å². The molecule has 1 N–H and O–H groups in total. The van der Waals surface area contributed by atoms with Gasteiger partial charge in [-0.3, -0.25) is 4.79 Å². The molecule has 5 heteroatoms. The van der Waals surface area contributed by atoms with E-state index < -0.39 is 0 Å². The van der Waals surface area contributed by atoms with Gasteiger partial charge in [0.1, 0.15) is 5.65 Å². The molecule has 1 amide bonds. The van der Waals surface area contributed by atoms with Gasteiger partial charge in [0.2, 0.25) is 0 Å². The van der Waals surface area contributed by atoms with Crippen LogP contribution in [0.25, 0.3) is 11.0 Å². The number of nitrogens with one attached hydrogen (secondary N) is 1. The Kier molecular flexibility index (Phi) is 3.92. The number of amides is 1. The van der Waals surface area contributed by atoms with Crippen LogP contribution in [0.1, 0.15) is 28.3 Å². The van der Waals surface area contributed by atoms with Gasteiger partial charge in [-0.05, 0) is 48.4 Å². The highest BCUT2D eigenvalue weighted by atomic mass is 16.2. The van der Waals surface area contributed by atoms with Gasteiger partial charge >= 0.3 is 0 Å². The van der Waals surface area contributed by atoms with Crippen LogP contribution in [0.4, 0.5) is 5.69 Å². The predicted molar refractivity (Wildman–Crippen MR) is 100 cm³/mol. The summed E-state index contributed by atoms with van der Waals surface area (Å²) in [6.45, 7) is 1.56. The third-order valence-corrected chi connectivity index (χ3v) is 5.03. The number of aromatic nitrogens is 2. The molecule has 0 spiro atoms. The highest BCUT2D eigenvalue weighted by molar-refractivity contribution is 5.95. The molecule has 4 rings (SSSR count). The van der Waals surface area contributed by atoms with Crippen LogP contribution in [-0.4, -0.2) is 48.0 Å². The summed E-state index contributed by atoms with van der Waals surface area (Å²) in [6, 6.07) is 11.9. The summed E-state index contributed by atoms with van der Waals surface area (Å²) in [4.78, 5) is 24.4. The Morgan fingerprint density at radius 2 is 2.04 bits per heavy atom. The molecule has 25 heavy (non-hydrogen) atoms. The van der Waals surface area contributed by atoms with Crippen LogP contribution in [0.5, 0.6) is 0 Å². The number of hydrogen-bond acceptors (Lipinski definition) is 3. The summed E-state index contributed by atoms with van der Waals surface area (Å²) < 4.78 is 0. The topological polar surface area (TPSA) is 52.2 Å². The zero-order valence-corrected chi connectivity index (χ0v) is 14.6. The maximum Gasteiger partial charge on any atom is 0.253 e. The van der Waals surface area contributed by atoms with E-state index in [4.69, 9.17) is 0 Å². The van der Waals surface area contributed by atoms with E-state index in [1.165, 1.54) is 5.56 Å². The molecule has 1 aliphatic heterocycles. The van der Waals surface area contributed by atoms with Gasteiger partial charge in [0.25, 0.3) is 5.91 Å². The van der Waals surface area contributed by atoms with E-state index in [9.17, 15) is 4.79 Å². The zero-order chi connectivity index (χ0) is 17.4. The van der Waals surface area contributed by atoms with Crippen LogP contribution in [0.2, 0.25) is 0 Å². The van der Waals surface area contributed by atoms with Crippen molar-refractivity contribution in [1.82, 2.24) is 14.9 Å².